The van der Waals surface area contributed by atoms with Gasteiger partial charge < -0.3 is 16.4 Å². The third-order valence-corrected chi connectivity index (χ3v) is 2.77. The number of nitrogen functional groups attached to an aromatic ring is 1. The van der Waals surface area contributed by atoms with E-state index < -0.39 is 0 Å². The summed E-state index contributed by atoms with van der Waals surface area (Å²) in [6.07, 6.45) is 0.498. The minimum absolute atomic E-state index is 0.135. The second kappa shape index (κ2) is 6.58. The third kappa shape index (κ3) is 4.00. The molecule has 1 radical (unpaired) electrons. The van der Waals surface area contributed by atoms with Crippen molar-refractivity contribution in [3.63, 3.8) is 0 Å². The molecule has 5 heteroatoms. The van der Waals surface area contributed by atoms with Gasteiger partial charge in [0.1, 0.15) is 0 Å². The molecule has 0 heterocycles. The fourth-order valence-electron chi connectivity index (χ4n) is 1.73. The van der Waals surface area contributed by atoms with Crippen LogP contribution in [0.5, 0.6) is 0 Å². The maximum absolute atomic E-state index is 11.8. The standard InChI is InChI=1S/C15H16N3O2/c16-12-3-7-14(8-4-12)18-15(20)17-13-5-1-11(2-6-13)9-10-19/h1-8H,9-10,16H2,(H2,17,18,20). The Labute approximate surface area is 117 Å². The topological polar surface area (TPSA) is 87.0 Å². The first-order chi connectivity index (χ1) is 9.67. The van der Waals surface area contributed by atoms with Gasteiger partial charge in [0.2, 0.25) is 0 Å². The van der Waals surface area contributed by atoms with Crippen LogP contribution in [0.15, 0.2) is 48.5 Å². The highest BCUT2D eigenvalue weighted by molar-refractivity contribution is 5.99. The highest BCUT2D eigenvalue weighted by atomic mass is 16.3. The summed E-state index contributed by atoms with van der Waals surface area (Å²) in [6, 6.07) is 13.8. The van der Waals surface area contributed by atoms with Crippen molar-refractivity contribution in [2.45, 2.75) is 6.42 Å². The average Bonchev–Trinajstić information content (AvgIpc) is 2.44. The van der Waals surface area contributed by atoms with E-state index in [-0.39, 0.29) is 12.6 Å². The van der Waals surface area contributed by atoms with E-state index in [1.807, 2.05) is 12.1 Å². The molecule has 2 amide bonds. The number of hydrogen-bond donors (Lipinski definition) is 3. The van der Waals surface area contributed by atoms with Gasteiger partial charge in [0.25, 0.3) is 0 Å². The van der Waals surface area contributed by atoms with Gasteiger partial charge in [-0.25, -0.2) is 9.90 Å². The van der Waals surface area contributed by atoms with Crippen LogP contribution in [0.4, 0.5) is 21.9 Å². The number of carbonyl (C=O) groups excluding carboxylic acids is 1. The van der Waals surface area contributed by atoms with Gasteiger partial charge in [0.05, 0.1) is 6.61 Å². The Bertz CT molecular complexity index is 565. The summed E-state index contributed by atoms with van der Waals surface area (Å²) < 4.78 is 0. The van der Waals surface area contributed by atoms with Crippen molar-refractivity contribution in [2.75, 3.05) is 23.0 Å². The fourth-order valence-corrected chi connectivity index (χ4v) is 1.73. The molecule has 0 unspecified atom stereocenters. The summed E-state index contributed by atoms with van der Waals surface area (Å²) in [7, 11) is 0. The lowest BCUT2D eigenvalue weighted by molar-refractivity contribution is 0.197. The molecule has 0 atom stereocenters. The number of benzene rings is 2. The summed E-state index contributed by atoms with van der Waals surface area (Å²) in [5, 5.41) is 15.9. The van der Waals surface area contributed by atoms with Crippen molar-refractivity contribution in [1.82, 2.24) is 0 Å². The smallest absolute Gasteiger partial charge is 0.323 e. The molecule has 2 aromatic carbocycles. The molecule has 0 aliphatic heterocycles. The molecular formula is C15H16N3O2. The lowest BCUT2D eigenvalue weighted by atomic mass is 10.1. The van der Waals surface area contributed by atoms with Gasteiger partial charge in [-0.05, 0) is 48.4 Å². The van der Waals surface area contributed by atoms with Crippen molar-refractivity contribution in [1.29, 1.82) is 0 Å². The van der Waals surface area contributed by atoms with Crippen LogP contribution < -0.4 is 16.4 Å². The molecule has 4 N–H and O–H groups in total. The Morgan fingerprint density at radius 1 is 0.900 bits per heavy atom. The van der Waals surface area contributed by atoms with E-state index in [0.717, 1.165) is 5.56 Å². The zero-order valence-corrected chi connectivity index (χ0v) is 10.9. The second-order valence-corrected chi connectivity index (χ2v) is 4.35. The number of carbonyl (C=O) groups is 1. The van der Waals surface area contributed by atoms with Gasteiger partial charge in [0, 0.05) is 17.1 Å². The van der Waals surface area contributed by atoms with Crippen LogP contribution in [0.25, 0.3) is 0 Å². The first kappa shape index (κ1) is 13.9. The van der Waals surface area contributed by atoms with Crippen molar-refractivity contribution in [3.8, 4) is 0 Å². The molecular weight excluding hydrogens is 254 g/mol. The molecule has 0 aliphatic carbocycles. The molecule has 2 rings (SSSR count). The van der Waals surface area contributed by atoms with Crippen LogP contribution in [0.1, 0.15) is 5.56 Å². The van der Waals surface area contributed by atoms with Crippen LogP contribution in [0.2, 0.25) is 0 Å². The fraction of sp³-hybridized carbons (Fsp3) is 0.133. The van der Waals surface area contributed by atoms with Crippen molar-refractivity contribution >= 4 is 23.1 Å². The Kier molecular flexibility index (Phi) is 4.57. The molecule has 103 valence electrons. The predicted molar refractivity (Wildman–Crippen MR) is 79.2 cm³/mol. The maximum atomic E-state index is 11.8. The van der Waals surface area contributed by atoms with Crippen molar-refractivity contribution < 1.29 is 9.90 Å². The zero-order valence-electron chi connectivity index (χ0n) is 10.9. The van der Waals surface area contributed by atoms with E-state index in [2.05, 4.69) is 10.6 Å². The second-order valence-electron chi connectivity index (χ2n) is 4.35. The molecule has 0 saturated carbocycles. The number of nitrogens with one attached hydrogen (secondary N) is 2. The van der Waals surface area contributed by atoms with E-state index in [0.29, 0.717) is 23.5 Å². The number of nitrogens with two attached hydrogens (primary N) is 1. The number of amides is 2. The molecule has 0 aliphatic rings. The molecule has 0 aromatic heterocycles. The molecule has 2 aromatic rings. The van der Waals surface area contributed by atoms with E-state index >= 15 is 0 Å². The quantitative estimate of drug-likeness (QED) is 0.746. The monoisotopic (exact) mass is 270 g/mol. The molecule has 5 nitrogen and oxygen atoms in total. The first-order valence-electron chi connectivity index (χ1n) is 6.28. The first-order valence-corrected chi connectivity index (χ1v) is 6.28. The van der Waals surface area contributed by atoms with Crippen LogP contribution in [-0.4, -0.2) is 12.6 Å². The summed E-state index contributed by atoms with van der Waals surface area (Å²) >= 11 is 0. The average molecular weight is 270 g/mol. The van der Waals surface area contributed by atoms with Gasteiger partial charge >= 0.3 is 6.03 Å². The number of rotatable bonds is 4. The Balaban J connectivity index is 1.92. The Morgan fingerprint density at radius 2 is 1.40 bits per heavy atom. The molecule has 0 bridgehead atoms. The van der Waals surface area contributed by atoms with E-state index in [9.17, 15) is 9.90 Å². The number of hydrogen-bond acceptors (Lipinski definition) is 2. The highest BCUT2D eigenvalue weighted by Gasteiger charge is 2.02. The normalized spacial score (nSPS) is 10.1. The Morgan fingerprint density at radius 3 is 1.90 bits per heavy atom. The van der Waals surface area contributed by atoms with Gasteiger partial charge in [-0.1, -0.05) is 12.1 Å². The van der Waals surface area contributed by atoms with Crippen LogP contribution >= 0.6 is 0 Å². The minimum atomic E-state index is -0.327. The molecule has 0 saturated heterocycles. The maximum Gasteiger partial charge on any atom is 0.323 e. The van der Waals surface area contributed by atoms with Crippen LogP contribution in [0.3, 0.4) is 0 Å². The van der Waals surface area contributed by atoms with Gasteiger partial charge in [-0.15, -0.1) is 0 Å². The number of urea groups is 1. The van der Waals surface area contributed by atoms with Gasteiger partial charge in [-0.2, -0.15) is 0 Å². The highest BCUT2D eigenvalue weighted by Crippen LogP contribution is 2.13. The minimum Gasteiger partial charge on any atom is -0.399 e. The Hall–Kier alpha value is -2.53. The van der Waals surface area contributed by atoms with E-state index in [1.165, 1.54) is 0 Å². The van der Waals surface area contributed by atoms with E-state index in [1.54, 1.807) is 36.4 Å². The molecule has 0 spiro atoms. The van der Waals surface area contributed by atoms with Gasteiger partial charge in [0.15, 0.2) is 0 Å². The SMILES string of the molecule is Nc1ccc(NC(=O)Nc2ccc(CC[O])cc2)cc1. The van der Waals surface area contributed by atoms with Crippen molar-refractivity contribution in [2.24, 2.45) is 0 Å². The number of anilines is 3. The molecule has 20 heavy (non-hydrogen) atoms. The third-order valence-electron chi connectivity index (χ3n) is 2.77. The van der Waals surface area contributed by atoms with E-state index in [4.69, 9.17) is 5.73 Å². The van der Waals surface area contributed by atoms with Gasteiger partial charge in [-0.3, -0.25) is 0 Å². The summed E-state index contributed by atoms with van der Waals surface area (Å²) in [6.45, 7) is -0.135. The summed E-state index contributed by atoms with van der Waals surface area (Å²) in [5.41, 5.74) is 8.52. The lowest BCUT2D eigenvalue weighted by Crippen LogP contribution is -2.19. The predicted octanol–water partition coefficient (Wildman–Crippen LogP) is 2.89. The lowest BCUT2D eigenvalue weighted by Gasteiger charge is -2.08. The largest absolute Gasteiger partial charge is 0.399 e. The van der Waals surface area contributed by atoms with Crippen LogP contribution in [0, 0.1) is 0 Å². The van der Waals surface area contributed by atoms with Crippen molar-refractivity contribution in [3.05, 3.63) is 54.1 Å². The zero-order chi connectivity index (χ0) is 14.4. The molecule has 0 fully saturated rings. The summed E-state index contributed by atoms with van der Waals surface area (Å²) in [4.78, 5) is 11.8. The summed E-state index contributed by atoms with van der Waals surface area (Å²) in [5.74, 6) is 0. The van der Waals surface area contributed by atoms with Crippen LogP contribution in [-0.2, 0) is 11.5 Å².